The molecule has 0 atom stereocenters. The van der Waals surface area contributed by atoms with E-state index in [0.717, 1.165) is 29.0 Å². The molecule has 23 heavy (non-hydrogen) atoms. The summed E-state index contributed by atoms with van der Waals surface area (Å²) in [5.74, 6) is 1.87. The van der Waals surface area contributed by atoms with Crippen molar-refractivity contribution in [2.45, 2.75) is 31.3 Å². The first-order chi connectivity index (χ1) is 11.1. The van der Waals surface area contributed by atoms with E-state index in [-0.39, 0.29) is 0 Å². The molecule has 0 bridgehead atoms. The first kappa shape index (κ1) is 17.1. The van der Waals surface area contributed by atoms with Crippen molar-refractivity contribution in [2.75, 3.05) is 25.4 Å². The molecule has 0 aliphatic carbocycles. The highest BCUT2D eigenvalue weighted by molar-refractivity contribution is 7.99. The van der Waals surface area contributed by atoms with Gasteiger partial charge in [0.15, 0.2) is 0 Å². The zero-order valence-corrected chi connectivity index (χ0v) is 15.5. The van der Waals surface area contributed by atoms with Gasteiger partial charge in [-0.05, 0) is 51.1 Å². The lowest BCUT2D eigenvalue weighted by Crippen LogP contribution is -2.31. The Balaban J connectivity index is 1.62. The van der Waals surface area contributed by atoms with Gasteiger partial charge in [-0.25, -0.2) is 9.67 Å². The highest BCUT2D eigenvalue weighted by Crippen LogP contribution is 2.25. The fourth-order valence-corrected chi connectivity index (χ4v) is 3.90. The number of aryl methyl sites for hydroxylation is 1. The maximum absolute atomic E-state index is 6.09. The Bertz CT molecular complexity index is 668. The molecule has 124 valence electrons. The predicted molar refractivity (Wildman–Crippen MR) is 97.1 cm³/mol. The molecule has 0 radical (unpaired) electrons. The van der Waals surface area contributed by atoms with Gasteiger partial charge in [0, 0.05) is 12.3 Å². The number of piperidine rings is 1. The van der Waals surface area contributed by atoms with Crippen LogP contribution >= 0.6 is 35.0 Å². The molecule has 7 heteroatoms. The van der Waals surface area contributed by atoms with E-state index < -0.39 is 0 Å². The third kappa shape index (κ3) is 4.41. The van der Waals surface area contributed by atoms with Crippen LogP contribution in [0, 0.1) is 6.92 Å². The number of halogens is 2. The molecule has 4 nitrogen and oxygen atoms in total. The number of thioether (sulfide) groups is 1. The molecule has 1 aromatic carbocycles. The molecule has 1 aromatic heterocycles. The Morgan fingerprint density at radius 2 is 1.91 bits per heavy atom. The second kappa shape index (κ2) is 7.88. The van der Waals surface area contributed by atoms with Crippen molar-refractivity contribution >= 4 is 35.0 Å². The van der Waals surface area contributed by atoms with Crippen molar-refractivity contribution in [3.8, 4) is 5.69 Å². The summed E-state index contributed by atoms with van der Waals surface area (Å²) in [5, 5.41) is 6.46. The van der Waals surface area contributed by atoms with Crippen LogP contribution in [-0.2, 0) is 0 Å². The normalized spacial score (nSPS) is 16.0. The predicted octanol–water partition coefficient (Wildman–Crippen LogP) is 4.46. The average molecular weight is 371 g/mol. The van der Waals surface area contributed by atoms with Gasteiger partial charge in [0.05, 0.1) is 15.7 Å². The minimum absolute atomic E-state index is 0.526. The molecule has 0 amide bonds. The van der Waals surface area contributed by atoms with Crippen LogP contribution in [0.5, 0.6) is 0 Å². The number of hydrogen-bond acceptors (Lipinski definition) is 4. The summed E-state index contributed by atoms with van der Waals surface area (Å²) in [6, 6.07) is 5.50. The van der Waals surface area contributed by atoms with Gasteiger partial charge in [0.25, 0.3) is 0 Å². The Hall–Kier alpha value is -0.750. The zero-order chi connectivity index (χ0) is 16.2. The number of aromatic nitrogens is 3. The van der Waals surface area contributed by atoms with E-state index in [1.165, 1.54) is 32.4 Å². The molecule has 2 aromatic rings. The molecule has 3 rings (SSSR count). The second-order valence-electron chi connectivity index (χ2n) is 5.70. The second-order valence-corrected chi connectivity index (χ2v) is 7.58. The molecule has 0 spiro atoms. The van der Waals surface area contributed by atoms with Gasteiger partial charge in [-0.3, -0.25) is 0 Å². The van der Waals surface area contributed by atoms with Gasteiger partial charge in [-0.1, -0.05) is 41.4 Å². The number of benzene rings is 1. The van der Waals surface area contributed by atoms with Crippen LogP contribution in [0.4, 0.5) is 0 Å². The molecule has 1 saturated heterocycles. The number of likely N-dealkylation sites (tertiary alicyclic amines) is 1. The van der Waals surface area contributed by atoms with E-state index in [2.05, 4.69) is 15.0 Å². The van der Waals surface area contributed by atoms with Crippen molar-refractivity contribution < 1.29 is 0 Å². The monoisotopic (exact) mass is 370 g/mol. The van der Waals surface area contributed by atoms with Crippen LogP contribution in [0.15, 0.2) is 23.4 Å². The van der Waals surface area contributed by atoms with E-state index in [1.807, 2.05) is 23.7 Å². The molecular weight excluding hydrogens is 351 g/mol. The molecule has 0 saturated carbocycles. The maximum Gasteiger partial charge on any atom is 0.209 e. The van der Waals surface area contributed by atoms with Crippen LogP contribution in [-0.4, -0.2) is 45.1 Å². The van der Waals surface area contributed by atoms with E-state index in [4.69, 9.17) is 23.2 Å². The molecule has 1 fully saturated rings. The van der Waals surface area contributed by atoms with Crippen molar-refractivity contribution in [1.29, 1.82) is 0 Å². The molecule has 1 aliphatic heterocycles. The van der Waals surface area contributed by atoms with Crippen molar-refractivity contribution in [3.05, 3.63) is 34.1 Å². The van der Waals surface area contributed by atoms with Gasteiger partial charge >= 0.3 is 0 Å². The van der Waals surface area contributed by atoms with E-state index in [0.29, 0.717) is 10.0 Å². The van der Waals surface area contributed by atoms with Crippen LogP contribution in [0.3, 0.4) is 0 Å². The minimum atomic E-state index is 0.526. The highest BCUT2D eigenvalue weighted by Gasteiger charge is 2.12. The lowest BCUT2D eigenvalue weighted by Gasteiger charge is -2.25. The van der Waals surface area contributed by atoms with E-state index in [9.17, 15) is 0 Å². The first-order valence-electron chi connectivity index (χ1n) is 7.88. The van der Waals surface area contributed by atoms with Gasteiger partial charge in [-0.2, -0.15) is 0 Å². The lowest BCUT2D eigenvalue weighted by atomic mass is 10.1. The molecular formula is C16H20Cl2N4S. The van der Waals surface area contributed by atoms with Crippen LogP contribution in [0.2, 0.25) is 10.0 Å². The summed E-state index contributed by atoms with van der Waals surface area (Å²) in [4.78, 5) is 7.07. The van der Waals surface area contributed by atoms with Gasteiger partial charge in [-0.15, -0.1) is 5.10 Å². The summed E-state index contributed by atoms with van der Waals surface area (Å²) in [6.45, 7) is 5.50. The lowest BCUT2D eigenvalue weighted by molar-refractivity contribution is 0.242. The summed E-state index contributed by atoms with van der Waals surface area (Å²) in [5.41, 5.74) is 0.882. The number of hydrogen-bond donors (Lipinski definition) is 0. The van der Waals surface area contributed by atoms with Crippen molar-refractivity contribution in [1.82, 2.24) is 19.7 Å². The number of rotatable bonds is 5. The summed E-state index contributed by atoms with van der Waals surface area (Å²) in [6.07, 6.45) is 4.03. The average Bonchev–Trinajstić information content (AvgIpc) is 2.92. The standard InChI is InChI=1S/C16H20Cl2N4S/c1-12-19-16(23-10-9-21-7-3-2-4-8-21)20-22(12)13-5-6-14(17)15(18)11-13/h5-6,11H,2-4,7-10H2,1H3. The Labute approximate surface area is 151 Å². The fraction of sp³-hybridized carbons (Fsp3) is 0.500. The summed E-state index contributed by atoms with van der Waals surface area (Å²) in [7, 11) is 0. The molecule has 0 unspecified atom stereocenters. The Kier molecular flexibility index (Phi) is 5.85. The Morgan fingerprint density at radius 1 is 1.13 bits per heavy atom. The molecule has 0 N–H and O–H groups in total. The number of nitrogens with zero attached hydrogens (tertiary/aromatic N) is 4. The first-order valence-corrected chi connectivity index (χ1v) is 9.62. The fourth-order valence-electron chi connectivity index (χ4n) is 2.74. The van der Waals surface area contributed by atoms with Crippen LogP contribution < -0.4 is 0 Å². The van der Waals surface area contributed by atoms with Crippen molar-refractivity contribution in [3.63, 3.8) is 0 Å². The van der Waals surface area contributed by atoms with Crippen molar-refractivity contribution in [2.24, 2.45) is 0 Å². The molecule has 2 heterocycles. The quantitative estimate of drug-likeness (QED) is 0.727. The largest absolute Gasteiger partial charge is 0.303 e. The van der Waals surface area contributed by atoms with E-state index in [1.54, 1.807) is 17.8 Å². The minimum Gasteiger partial charge on any atom is -0.303 e. The van der Waals surface area contributed by atoms with Gasteiger partial charge in [0.2, 0.25) is 5.16 Å². The van der Waals surface area contributed by atoms with E-state index >= 15 is 0 Å². The zero-order valence-electron chi connectivity index (χ0n) is 13.1. The SMILES string of the molecule is Cc1nc(SCCN2CCCCC2)nn1-c1ccc(Cl)c(Cl)c1. The third-order valence-corrected chi connectivity index (χ3v) is 5.54. The third-order valence-electron chi connectivity index (χ3n) is 3.98. The Morgan fingerprint density at radius 3 is 2.65 bits per heavy atom. The van der Waals surface area contributed by atoms with Gasteiger partial charge in [0.1, 0.15) is 5.82 Å². The van der Waals surface area contributed by atoms with Gasteiger partial charge < -0.3 is 4.90 Å². The molecule has 1 aliphatic rings. The maximum atomic E-state index is 6.09. The summed E-state index contributed by atoms with van der Waals surface area (Å²) < 4.78 is 1.81. The highest BCUT2D eigenvalue weighted by atomic mass is 35.5. The topological polar surface area (TPSA) is 34.0 Å². The summed E-state index contributed by atoms with van der Waals surface area (Å²) >= 11 is 13.8. The van der Waals surface area contributed by atoms with Crippen LogP contribution in [0.25, 0.3) is 5.69 Å². The smallest absolute Gasteiger partial charge is 0.209 e. The van der Waals surface area contributed by atoms with Crippen LogP contribution in [0.1, 0.15) is 25.1 Å².